The number of nitrogen functional groups attached to an aromatic ring is 1. The third-order valence-corrected chi connectivity index (χ3v) is 6.13. The van der Waals surface area contributed by atoms with Crippen LogP contribution < -0.4 is 5.73 Å². The number of nitrogens with zero attached hydrogens (tertiary/aromatic N) is 4. The summed E-state index contributed by atoms with van der Waals surface area (Å²) in [4.78, 5) is 19.0. The summed E-state index contributed by atoms with van der Waals surface area (Å²) in [5.41, 5.74) is 12.8. The predicted molar refractivity (Wildman–Crippen MR) is 120 cm³/mol. The number of hydrogen-bond acceptors (Lipinski definition) is 5. The molecule has 4 heterocycles. The number of aromatic nitrogens is 4. The van der Waals surface area contributed by atoms with Crippen LogP contribution in [0.3, 0.4) is 0 Å². The first-order valence-corrected chi connectivity index (χ1v) is 10.5. The van der Waals surface area contributed by atoms with Gasteiger partial charge < -0.3 is 10.7 Å². The Morgan fingerprint density at radius 3 is 2.74 bits per heavy atom. The number of nitrogens with two attached hydrogens (primary N) is 1. The summed E-state index contributed by atoms with van der Waals surface area (Å²) in [5.74, 6) is 0.0590. The number of likely N-dealkylation sites (tertiary alicyclic amines) is 1. The average Bonchev–Trinajstić information content (AvgIpc) is 3.33. The Hall–Kier alpha value is -3.32. The van der Waals surface area contributed by atoms with Gasteiger partial charge in [-0.05, 0) is 74.7 Å². The molecule has 0 bridgehead atoms. The molecule has 1 saturated heterocycles. The lowest BCUT2D eigenvalue weighted by molar-refractivity contribution is 0.244. The Kier molecular flexibility index (Phi) is 4.90. The third kappa shape index (κ3) is 3.77. The molecule has 6 nitrogen and oxygen atoms in total. The molecule has 4 aromatic rings. The molecule has 0 saturated carbocycles. The molecule has 158 valence electrons. The standard InChI is InChI=1S/C24H25FN6/c1-14-8-16(17-11-27-24(26)28-12-17)9-22(29-14)23-4-3-7-31(23)13-20-15(2)30-21-6-5-18(25)10-19(20)21/h5-6,8-12,23,30H,3-4,7,13H2,1-2H3,(H2,26,27,28). The Bertz CT molecular complexity index is 1250. The number of aromatic amines is 1. The van der Waals surface area contributed by atoms with Crippen LogP contribution in [0, 0.1) is 19.7 Å². The van der Waals surface area contributed by atoms with E-state index in [0.717, 1.165) is 70.6 Å². The number of anilines is 1. The highest BCUT2D eigenvalue weighted by atomic mass is 19.1. The van der Waals surface area contributed by atoms with Crippen molar-refractivity contribution >= 4 is 16.9 Å². The van der Waals surface area contributed by atoms with Crippen LogP contribution in [0.4, 0.5) is 10.3 Å². The lowest BCUT2D eigenvalue weighted by Gasteiger charge is -2.25. The minimum atomic E-state index is -0.207. The SMILES string of the molecule is Cc1cc(-c2cnc(N)nc2)cc(C2CCCN2Cc2c(C)[nH]c3ccc(F)cc23)n1. The van der Waals surface area contributed by atoms with Crippen LogP contribution in [0.2, 0.25) is 0 Å². The van der Waals surface area contributed by atoms with Gasteiger partial charge in [0.1, 0.15) is 5.82 Å². The molecule has 7 heteroatoms. The predicted octanol–water partition coefficient (Wildman–Crippen LogP) is 4.70. The average molecular weight is 417 g/mol. The van der Waals surface area contributed by atoms with Gasteiger partial charge in [0.2, 0.25) is 5.95 Å². The molecule has 1 fully saturated rings. The maximum atomic E-state index is 13.9. The van der Waals surface area contributed by atoms with Crippen LogP contribution in [-0.4, -0.2) is 31.4 Å². The molecule has 0 amide bonds. The minimum absolute atomic E-state index is 0.207. The quantitative estimate of drug-likeness (QED) is 0.504. The highest BCUT2D eigenvalue weighted by Gasteiger charge is 2.29. The summed E-state index contributed by atoms with van der Waals surface area (Å²) < 4.78 is 13.9. The second kappa shape index (κ2) is 7.74. The number of aryl methyl sites for hydroxylation is 2. The Morgan fingerprint density at radius 2 is 1.94 bits per heavy atom. The third-order valence-electron chi connectivity index (χ3n) is 6.13. The monoisotopic (exact) mass is 416 g/mol. The van der Waals surface area contributed by atoms with Crippen LogP contribution in [0.15, 0.2) is 42.7 Å². The largest absolute Gasteiger partial charge is 0.368 e. The summed E-state index contributed by atoms with van der Waals surface area (Å²) in [6.07, 6.45) is 5.65. The molecule has 3 N–H and O–H groups in total. The number of fused-ring (bicyclic) bond motifs is 1. The first-order chi connectivity index (χ1) is 15.0. The summed E-state index contributed by atoms with van der Waals surface area (Å²) in [5, 5.41) is 0.958. The number of halogens is 1. The number of H-pyrrole nitrogens is 1. The molecule has 0 aliphatic carbocycles. The van der Waals surface area contributed by atoms with Gasteiger partial charge in [0, 0.05) is 46.8 Å². The van der Waals surface area contributed by atoms with E-state index in [4.69, 9.17) is 10.7 Å². The first-order valence-electron chi connectivity index (χ1n) is 10.5. The fourth-order valence-corrected chi connectivity index (χ4v) is 4.63. The van der Waals surface area contributed by atoms with Crippen LogP contribution in [0.25, 0.3) is 22.0 Å². The van der Waals surface area contributed by atoms with Crippen molar-refractivity contribution in [2.24, 2.45) is 0 Å². The fraction of sp³-hybridized carbons (Fsp3) is 0.292. The van der Waals surface area contributed by atoms with E-state index in [2.05, 4.69) is 32.8 Å². The Balaban J connectivity index is 1.48. The normalized spacial score (nSPS) is 16.9. The van der Waals surface area contributed by atoms with Crippen LogP contribution >= 0.6 is 0 Å². The van der Waals surface area contributed by atoms with Crippen LogP contribution in [0.5, 0.6) is 0 Å². The first kappa shape index (κ1) is 19.6. The second-order valence-corrected chi connectivity index (χ2v) is 8.30. The summed E-state index contributed by atoms with van der Waals surface area (Å²) in [6, 6.07) is 9.33. The van der Waals surface area contributed by atoms with Crippen LogP contribution in [-0.2, 0) is 6.54 Å². The zero-order valence-corrected chi connectivity index (χ0v) is 17.7. The fourth-order valence-electron chi connectivity index (χ4n) is 4.63. The molecular weight excluding hydrogens is 391 g/mol. The van der Waals surface area contributed by atoms with E-state index in [9.17, 15) is 4.39 Å². The van der Waals surface area contributed by atoms with Gasteiger partial charge in [-0.1, -0.05) is 0 Å². The highest BCUT2D eigenvalue weighted by Crippen LogP contribution is 2.36. The van der Waals surface area contributed by atoms with Gasteiger partial charge in [-0.2, -0.15) is 0 Å². The van der Waals surface area contributed by atoms with E-state index in [0.29, 0.717) is 0 Å². The van der Waals surface area contributed by atoms with E-state index in [1.165, 1.54) is 6.07 Å². The van der Waals surface area contributed by atoms with Crippen LogP contribution in [0.1, 0.15) is 41.5 Å². The molecule has 1 aromatic carbocycles. The molecular formula is C24H25FN6. The van der Waals surface area contributed by atoms with E-state index >= 15 is 0 Å². The van der Waals surface area contributed by atoms with Crippen molar-refractivity contribution in [1.82, 2.24) is 24.8 Å². The number of benzene rings is 1. The topological polar surface area (TPSA) is 83.7 Å². The Labute approximate surface area is 180 Å². The Morgan fingerprint density at radius 1 is 1.13 bits per heavy atom. The van der Waals surface area contributed by atoms with Crippen molar-refractivity contribution in [2.45, 2.75) is 39.3 Å². The van der Waals surface area contributed by atoms with E-state index in [-0.39, 0.29) is 17.8 Å². The molecule has 1 unspecified atom stereocenters. The van der Waals surface area contributed by atoms with Gasteiger partial charge >= 0.3 is 0 Å². The molecule has 5 rings (SSSR count). The van der Waals surface area contributed by atoms with Crippen molar-refractivity contribution in [3.05, 3.63) is 71.2 Å². The zero-order chi connectivity index (χ0) is 21.5. The van der Waals surface area contributed by atoms with Crippen molar-refractivity contribution in [3.8, 4) is 11.1 Å². The summed E-state index contributed by atoms with van der Waals surface area (Å²) >= 11 is 0. The lowest BCUT2D eigenvalue weighted by Crippen LogP contribution is -2.24. The molecule has 1 aliphatic heterocycles. The number of nitrogens with one attached hydrogen (secondary N) is 1. The van der Waals surface area contributed by atoms with Gasteiger partial charge in [0.05, 0.1) is 11.7 Å². The van der Waals surface area contributed by atoms with Gasteiger partial charge in [0.15, 0.2) is 0 Å². The van der Waals surface area contributed by atoms with Crippen molar-refractivity contribution in [2.75, 3.05) is 12.3 Å². The highest BCUT2D eigenvalue weighted by molar-refractivity contribution is 5.84. The van der Waals surface area contributed by atoms with Gasteiger partial charge in [0.25, 0.3) is 0 Å². The smallest absolute Gasteiger partial charge is 0.219 e. The number of rotatable bonds is 4. The van der Waals surface area contributed by atoms with Crippen molar-refractivity contribution < 1.29 is 4.39 Å². The van der Waals surface area contributed by atoms with E-state index in [1.54, 1.807) is 18.5 Å². The zero-order valence-electron chi connectivity index (χ0n) is 17.7. The van der Waals surface area contributed by atoms with Gasteiger partial charge in [-0.3, -0.25) is 9.88 Å². The maximum Gasteiger partial charge on any atom is 0.219 e. The molecule has 1 atom stereocenters. The van der Waals surface area contributed by atoms with E-state index in [1.807, 2.05) is 19.1 Å². The number of pyridine rings is 1. The maximum absolute atomic E-state index is 13.9. The lowest BCUT2D eigenvalue weighted by atomic mass is 10.0. The molecule has 31 heavy (non-hydrogen) atoms. The van der Waals surface area contributed by atoms with Gasteiger partial charge in [-0.15, -0.1) is 0 Å². The summed E-state index contributed by atoms with van der Waals surface area (Å²) in [7, 11) is 0. The van der Waals surface area contributed by atoms with Crippen molar-refractivity contribution in [1.29, 1.82) is 0 Å². The molecule has 3 aromatic heterocycles. The van der Waals surface area contributed by atoms with Crippen molar-refractivity contribution in [3.63, 3.8) is 0 Å². The molecule has 0 spiro atoms. The second-order valence-electron chi connectivity index (χ2n) is 8.30. The number of hydrogen-bond donors (Lipinski definition) is 2. The molecule has 1 aliphatic rings. The molecule has 0 radical (unpaired) electrons. The minimum Gasteiger partial charge on any atom is -0.368 e. The van der Waals surface area contributed by atoms with Gasteiger partial charge in [-0.25, -0.2) is 14.4 Å². The van der Waals surface area contributed by atoms with E-state index < -0.39 is 0 Å². The summed E-state index contributed by atoms with van der Waals surface area (Å²) in [6.45, 7) is 5.82.